The summed E-state index contributed by atoms with van der Waals surface area (Å²) in [6, 6.07) is 11.0. The molecule has 1 atom stereocenters. The number of nitrogens with two attached hydrogens (primary N) is 1. The summed E-state index contributed by atoms with van der Waals surface area (Å²) in [7, 11) is 1.62. The first-order valence-electron chi connectivity index (χ1n) is 6.55. The van der Waals surface area contributed by atoms with Crippen molar-refractivity contribution in [2.24, 2.45) is 5.73 Å². The third-order valence-corrected chi connectivity index (χ3v) is 3.54. The van der Waals surface area contributed by atoms with Crippen LogP contribution < -0.4 is 15.2 Å². The van der Waals surface area contributed by atoms with E-state index in [2.05, 4.69) is 0 Å². The van der Waals surface area contributed by atoms with Gasteiger partial charge in [0.25, 0.3) is 0 Å². The zero-order chi connectivity index (χ0) is 14.1. The Morgan fingerprint density at radius 2 is 2.00 bits per heavy atom. The molecule has 3 rings (SSSR count). The fraction of sp³-hybridized carbons (Fsp3) is 0.250. The molecule has 2 aromatic carbocycles. The molecule has 2 aromatic rings. The van der Waals surface area contributed by atoms with Crippen molar-refractivity contribution in [3.63, 3.8) is 0 Å². The lowest BCUT2D eigenvalue weighted by Crippen LogP contribution is -2.24. The molecule has 1 aliphatic heterocycles. The van der Waals surface area contributed by atoms with E-state index in [9.17, 15) is 4.39 Å². The van der Waals surface area contributed by atoms with Crippen LogP contribution in [0, 0.1) is 5.82 Å². The van der Waals surface area contributed by atoms with Crippen LogP contribution in [0.5, 0.6) is 11.5 Å². The molecular formula is C16H16FNO2. The molecule has 20 heavy (non-hydrogen) atoms. The van der Waals surface area contributed by atoms with Gasteiger partial charge in [-0.2, -0.15) is 0 Å². The van der Waals surface area contributed by atoms with Gasteiger partial charge in [-0.25, -0.2) is 4.39 Å². The lowest BCUT2D eigenvalue weighted by atomic mass is 10.0. The number of methoxy groups -OCH3 is 1. The number of hydrogen-bond donors (Lipinski definition) is 1. The highest BCUT2D eigenvalue weighted by Gasteiger charge is 2.25. The molecule has 4 heteroatoms. The molecule has 2 N–H and O–H groups in total. The minimum Gasteiger partial charge on any atom is -0.497 e. The number of benzene rings is 2. The van der Waals surface area contributed by atoms with E-state index in [1.54, 1.807) is 7.11 Å². The van der Waals surface area contributed by atoms with Gasteiger partial charge in [0.2, 0.25) is 0 Å². The monoisotopic (exact) mass is 273 g/mol. The van der Waals surface area contributed by atoms with Crippen LogP contribution in [0.2, 0.25) is 0 Å². The summed E-state index contributed by atoms with van der Waals surface area (Å²) in [5.74, 6) is 0.795. The Bertz CT molecular complexity index is 625. The van der Waals surface area contributed by atoms with Gasteiger partial charge in [-0.05, 0) is 35.4 Å². The Labute approximate surface area is 117 Å². The Hall–Kier alpha value is -2.07. The van der Waals surface area contributed by atoms with Crippen molar-refractivity contribution in [3.8, 4) is 22.6 Å². The maximum Gasteiger partial charge on any atom is 0.165 e. The summed E-state index contributed by atoms with van der Waals surface area (Å²) in [6.07, 6.45) is 0.540. The van der Waals surface area contributed by atoms with E-state index in [1.165, 1.54) is 6.07 Å². The number of ether oxygens (including phenoxy) is 2. The molecule has 1 unspecified atom stereocenters. The molecule has 3 nitrogen and oxygen atoms in total. The molecular weight excluding hydrogens is 257 g/mol. The number of halogens is 1. The molecule has 1 heterocycles. The molecule has 104 valence electrons. The first kappa shape index (κ1) is 12.9. The number of fused-ring (bicyclic) bond motifs is 1. The van der Waals surface area contributed by atoms with Crippen LogP contribution in [0.15, 0.2) is 36.4 Å². The first-order valence-corrected chi connectivity index (χ1v) is 6.55. The Balaban J connectivity index is 1.97. The van der Waals surface area contributed by atoms with Crippen molar-refractivity contribution in [2.75, 3.05) is 13.7 Å². The second kappa shape index (κ2) is 5.13. The molecule has 0 bridgehead atoms. The van der Waals surface area contributed by atoms with Crippen LogP contribution in [-0.2, 0) is 6.42 Å². The summed E-state index contributed by atoms with van der Waals surface area (Å²) in [6.45, 7) is 0.395. The Kier molecular flexibility index (Phi) is 3.32. The van der Waals surface area contributed by atoms with Crippen LogP contribution in [0.3, 0.4) is 0 Å². The average molecular weight is 273 g/mol. The van der Waals surface area contributed by atoms with E-state index in [4.69, 9.17) is 15.2 Å². The predicted octanol–water partition coefficient (Wildman–Crippen LogP) is 2.76. The molecule has 0 amide bonds. The van der Waals surface area contributed by atoms with Gasteiger partial charge in [0.05, 0.1) is 7.11 Å². The van der Waals surface area contributed by atoms with Crippen molar-refractivity contribution in [3.05, 3.63) is 47.8 Å². The van der Waals surface area contributed by atoms with Crippen molar-refractivity contribution in [1.82, 2.24) is 0 Å². The van der Waals surface area contributed by atoms with Gasteiger partial charge in [0.15, 0.2) is 11.6 Å². The highest BCUT2D eigenvalue weighted by molar-refractivity contribution is 5.67. The van der Waals surface area contributed by atoms with E-state index in [0.29, 0.717) is 18.7 Å². The lowest BCUT2D eigenvalue weighted by Gasteiger charge is -2.08. The number of hydrogen-bond acceptors (Lipinski definition) is 3. The molecule has 0 aromatic heterocycles. The van der Waals surface area contributed by atoms with Crippen LogP contribution in [0.25, 0.3) is 11.1 Å². The minimum absolute atomic E-state index is 0.120. The smallest absolute Gasteiger partial charge is 0.165 e. The highest BCUT2D eigenvalue weighted by atomic mass is 19.1. The number of rotatable bonds is 3. The van der Waals surface area contributed by atoms with E-state index in [0.717, 1.165) is 22.4 Å². The molecule has 1 aliphatic rings. The predicted molar refractivity (Wildman–Crippen MR) is 75.6 cm³/mol. The van der Waals surface area contributed by atoms with Gasteiger partial charge < -0.3 is 15.2 Å². The molecule has 0 saturated carbocycles. The van der Waals surface area contributed by atoms with Crippen LogP contribution >= 0.6 is 0 Å². The molecule has 0 aliphatic carbocycles. The Morgan fingerprint density at radius 3 is 2.65 bits per heavy atom. The summed E-state index contributed by atoms with van der Waals surface area (Å²) < 4.78 is 24.7. The average Bonchev–Trinajstić information content (AvgIpc) is 2.91. The van der Waals surface area contributed by atoms with Crippen molar-refractivity contribution in [2.45, 2.75) is 12.5 Å². The van der Waals surface area contributed by atoms with Gasteiger partial charge in [-0.3, -0.25) is 0 Å². The zero-order valence-electron chi connectivity index (χ0n) is 11.2. The molecule has 0 saturated heterocycles. The van der Waals surface area contributed by atoms with Crippen LogP contribution in [0.1, 0.15) is 5.56 Å². The van der Waals surface area contributed by atoms with Gasteiger partial charge in [0, 0.05) is 18.5 Å². The first-order chi connectivity index (χ1) is 9.71. The van der Waals surface area contributed by atoms with Crippen LogP contribution in [-0.4, -0.2) is 19.8 Å². The quantitative estimate of drug-likeness (QED) is 0.935. The topological polar surface area (TPSA) is 44.5 Å². The van der Waals surface area contributed by atoms with Crippen molar-refractivity contribution in [1.29, 1.82) is 0 Å². The summed E-state index contributed by atoms with van der Waals surface area (Å²) in [5, 5.41) is 0. The van der Waals surface area contributed by atoms with E-state index in [-0.39, 0.29) is 11.9 Å². The molecule has 0 fully saturated rings. The van der Waals surface area contributed by atoms with Gasteiger partial charge >= 0.3 is 0 Å². The summed E-state index contributed by atoms with van der Waals surface area (Å²) in [5.41, 5.74) is 8.25. The van der Waals surface area contributed by atoms with Gasteiger partial charge in [-0.15, -0.1) is 0 Å². The summed E-state index contributed by atoms with van der Waals surface area (Å²) >= 11 is 0. The molecule has 0 spiro atoms. The maximum atomic E-state index is 14.1. The van der Waals surface area contributed by atoms with Crippen molar-refractivity contribution < 1.29 is 13.9 Å². The largest absolute Gasteiger partial charge is 0.497 e. The van der Waals surface area contributed by atoms with Gasteiger partial charge in [0.1, 0.15) is 11.9 Å². The fourth-order valence-corrected chi connectivity index (χ4v) is 2.47. The zero-order valence-corrected chi connectivity index (χ0v) is 11.2. The van der Waals surface area contributed by atoms with Gasteiger partial charge in [-0.1, -0.05) is 12.1 Å². The second-order valence-electron chi connectivity index (χ2n) is 4.85. The lowest BCUT2D eigenvalue weighted by molar-refractivity contribution is 0.232. The standard InChI is InChI=1S/C16H16FNO2/c1-19-13-4-2-10(3-5-13)11-6-12-7-14(9-18)20-16(12)15(17)8-11/h2-6,8,14H,7,9,18H2,1H3. The maximum absolute atomic E-state index is 14.1. The summed E-state index contributed by atoms with van der Waals surface area (Å²) in [4.78, 5) is 0. The fourth-order valence-electron chi connectivity index (χ4n) is 2.47. The second-order valence-corrected chi connectivity index (χ2v) is 4.85. The third kappa shape index (κ3) is 2.23. The minimum atomic E-state index is -0.329. The Morgan fingerprint density at radius 1 is 1.25 bits per heavy atom. The third-order valence-electron chi connectivity index (χ3n) is 3.54. The van der Waals surface area contributed by atoms with Crippen LogP contribution in [0.4, 0.5) is 4.39 Å². The SMILES string of the molecule is COc1ccc(-c2cc(F)c3c(c2)CC(CN)O3)cc1. The normalized spacial score (nSPS) is 16.6. The van der Waals surface area contributed by atoms with E-state index >= 15 is 0 Å². The van der Waals surface area contributed by atoms with Crippen molar-refractivity contribution >= 4 is 0 Å². The molecule has 0 radical (unpaired) electrons. The van der Waals surface area contributed by atoms with E-state index in [1.807, 2.05) is 30.3 Å². The van der Waals surface area contributed by atoms with E-state index < -0.39 is 0 Å². The highest BCUT2D eigenvalue weighted by Crippen LogP contribution is 2.35.